The Hall–Kier alpha value is -1.31. The topological polar surface area (TPSA) is 26.3 Å². The number of ether oxygens (including phenoxy) is 1. The van der Waals surface area contributed by atoms with Crippen LogP contribution in [0.4, 0.5) is 0 Å². The van der Waals surface area contributed by atoms with E-state index in [1.807, 2.05) is 0 Å². The second kappa shape index (κ2) is 5.34. The van der Waals surface area contributed by atoms with Crippen LogP contribution in [0, 0.1) is 34.5 Å². The lowest BCUT2D eigenvalue weighted by molar-refractivity contribution is -0.140. The predicted octanol–water partition coefficient (Wildman–Crippen LogP) is 5.42. The van der Waals surface area contributed by atoms with E-state index in [4.69, 9.17) is 4.74 Å². The molecule has 4 aliphatic carbocycles. The molecule has 130 valence electrons. The Morgan fingerprint density at radius 3 is 2.75 bits per heavy atom. The first-order chi connectivity index (χ1) is 11.3. The fourth-order valence-electron chi connectivity index (χ4n) is 6.46. The van der Waals surface area contributed by atoms with Crippen LogP contribution in [-0.2, 0) is 9.53 Å². The largest absolute Gasteiger partial charge is 0.431 e. The molecule has 2 nitrogen and oxygen atoms in total. The van der Waals surface area contributed by atoms with E-state index < -0.39 is 0 Å². The van der Waals surface area contributed by atoms with Gasteiger partial charge in [-0.2, -0.15) is 0 Å². The van der Waals surface area contributed by atoms with Crippen LogP contribution in [0.15, 0.2) is 35.6 Å². The number of esters is 1. The Kier molecular flexibility index (Phi) is 3.60. The molecule has 0 aromatic carbocycles. The van der Waals surface area contributed by atoms with E-state index >= 15 is 0 Å². The Labute approximate surface area is 146 Å². The van der Waals surface area contributed by atoms with Gasteiger partial charge in [0.05, 0.1) is 0 Å². The maximum absolute atomic E-state index is 11.5. The zero-order chi connectivity index (χ0) is 17.1. The summed E-state index contributed by atoms with van der Waals surface area (Å²) in [5.74, 6) is 3.65. The Morgan fingerprint density at radius 2 is 2.00 bits per heavy atom. The number of carbonyl (C=O) groups is 1. The van der Waals surface area contributed by atoms with Crippen molar-refractivity contribution in [2.24, 2.45) is 34.5 Å². The van der Waals surface area contributed by atoms with Crippen LogP contribution in [-0.4, -0.2) is 5.97 Å². The number of hydrogen-bond donors (Lipinski definition) is 0. The minimum Gasteiger partial charge on any atom is -0.431 e. The summed E-state index contributed by atoms with van der Waals surface area (Å²) in [4.78, 5) is 11.5. The van der Waals surface area contributed by atoms with Gasteiger partial charge in [-0.15, -0.1) is 0 Å². The van der Waals surface area contributed by atoms with Crippen LogP contribution in [0.2, 0.25) is 0 Å². The standard InChI is InChI=1S/C22H30O2/c1-14-9-11-21(3)16(13-14)5-6-17-18-7-8-20(24-15(2)23)22(18,4)12-10-19(17)21/h8-9,11,13,16-19H,5-7,10,12H2,1-4H3/t16?,17?,18?,19?,21-,22-/m0/s1. The van der Waals surface area contributed by atoms with Crippen LogP contribution in [0.25, 0.3) is 0 Å². The second-order valence-electron chi connectivity index (χ2n) is 9.02. The highest BCUT2D eigenvalue weighted by Gasteiger charge is 2.58. The molecular formula is C22H30O2. The fourth-order valence-corrected chi connectivity index (χ4v) is 6.46. The number of hydrogen-bond acceptors (Lipinski definition) is 2. The third-order valence-electron chi connectivity index (χ3n) is 7.78. The molecule has 24 heavy (non-hydrogen) atoms. The van der Waals surface area contributed by atoms with Gasteiger partial charge >= 0.3 is 5.97 Å². The average Bonchev–Trinajstić information content (AvgIpc) is 2.84. The molecule has 0 aromatic heterocycles. The van der Waals surface area contributed by atoms with Crippen LogP contribution in [0.3, 0.4) is 0 Å². The lowest BCUT2D eigenvalue weighted by Crippen LogP contribution is -2.51. The Bertz CT molecular complexity index is 655. The van der Waals surface area contributed by atoms with Crippen molar-refractivity contribution in [3.05, 3.63) is 35.6 Å². The van der Waals surface area contributed by atoms with Crippen molar-refractivity contribution >= 4 is 5.97 Å². The third-order valence-corrected chi connectivity index (χ3v) is 7.78. The molecule has 4 rings (SSSR count). The van der Waals surface area contributed by atoms with E-state index in [9.17, 15) is 4.79 Å². The van der Waals surface area contributed by atoms with Crippen LogP contribution in [0.5, 0.6) is 0 Å². The first-order valence-electron chi connectivity index (χ1n) is 9.61. The molecule has 2 heteroatoms. The minimum atomic E-state index is -0.170. The first kappa shape index (κ1) is 16.2. The highest BCUT2D eigenvalue weighted by atomic mass is 16.5. The molecule has 0 aromatic rings. The summed E-state index contributed by atoms with van der Waals surface area (Å²) in [7, 11) is 0. The number of fused-ring (bicyclic) bond motifs is 5. The van der Waals surface area contributed by atoms with Crippen molar-refractivity contribution < 1.29 is 9.53 Å². The van der Waals surface area contributed by atoms with Gasteiger partial charge in [-0.3, -0.25) is 4.79 Å². The molecule has 4 aliphatic rings. The van der Waals surface area contributed by atoms with Crippen molar-refractivity contribution in [1.29, 1.82) is 0 Å². The highest BCUT2D eigenvalue weighted by Crippen LogP contribution is 2.65. The molecule has 0 spiro atoms. The monoisotopic (exact) mass is 326 g/mol. The maximum atomic E-state index is 11.5. The van der Waals surface area contributed by atoms with E-state index in [1.165, 1.54) is 31.8 Å². The molecule has 0 heterocycles. The molecule has 0 saturated heterocycles. The lowest BCUT2D eigenvalue weighted by atomic mass is 9.47. The molecule has 0 amide bonds. The van der Waals surface area contributed by atoms with Crippen molar-refractivity contribution in [3.8, 4) is 0 Å². The Morgan fingerprint density at radius 1 is 1.21 bits per heavy atom. The van der Waals surface area contributed by atoms with Gasteiger partial charge in [-0.05, 0) is 74.2 Å². The molecule has 6 atom stereocenters. The van der Waals surface area contributed by atoms with Crippen molar-refractivity contribution in [2.75, 3.05) is 0 Å². The lowest BCUT2D eigenvalue weighted by Gasteiger charge is -2.57. The minimum absolute atomic E-state index is 0.0696. The quantitative estimate of drug-likeness (QED) is 0.602. The Balaban J connectivity index is 1.62. The summed E-state index contributed by atoms with van der Waals surface area (Å²) in [6, 6.07) is 0. The van der Waals surface area contributed by atoms with Gasteiger partial charge < -0.3 is 4.74 Å². The zero-order valence-corrected chi connectivity index (χ0v) is 15.5. The van der Waals surface area contributed by atoms with Crippen LogP contribution < -0.4 is 0 Å². The van der Waals surface area contributed by atoms with Gasteiger partial charge in [0.15, 0.2) is 0 Å². The first-order valence-corrected chi connectivity index (χ1v) is 9.61. The van der Waals surface area contributed by atoms with Crippen molar-refractivity contribution in [1.82, 2.24) is 0 Å². The summed E-state index contributed by atoms with van der Waals surface area (Å²) >= 11 is 0. The summed E-state index contributed by atoms with van der Waals surface area (Å²) in [5.41, 5.74) is 1.81. The molecule has 0 radical (unpaired) electrons. The summed E-state index contributed by atoms with van der Waals surface area (Å²) < 4.78 is 5.61. The highest BCUT2D eigenvalue weighted by molar-refractivity contribution is 5.67. The van der Waals surface area contributed by atoms with E-state index in [0.717, 1.165) is 30.4 Å². The smallest absolute Gasteiger partial charge is 0.307 e. The molecular weight excluding hydrogens is 296 g/mol. The predicted molar refractivity (Wildman–Crippen MR) is 96.0 cm³/mol. The number of allylic oxidation sites excluding steroid dienone is 6. The van der Waals surface area contributed by atoms with Crippen molar-refractivity contribution in [2.45, 2.75) is 59.8 Å². The molecule has 2 fully saturated rings. The van der Waals surface area contributed by atoms with Gasteiger partial charge in [0.1, 0.15) is 5.76 Å². The summed E-state index contributed by atoms with van der Waals surface area (Å²) in [5, 5.41) is 0. The third kappa shape index (κ3) is 2.18. The molecule has 4 unspecified atom stereocenters. The van der Waals surface area contributed by atoms with Gasteiger partial charge in [-0.1, -0.05) is 37.6 Å². The molecule has 0 aliphatic heterocycles. The van der Waals surface area contributed by atoms with E-state index in [-0.39, 0.29) is 11.4 Å². The summed E-state index contributed by atoms with van der Waals surface area (Å²) in [6.07, 6.45) is 15.7. The second-order valence-corrected chi connectivity index (χ2v) is 9.02. The maximum Gasteiger partial charge on any atom is 0.307 e. The SMILES string of the molecule is CC(=O)OC1=CCC2C3CCC4C=C(C)C=C[C@]4(C)C3CC[C@]12C. The van der Waals surface area contributed by atoms with E-state index in [0.29, 0.717) is 17.3 Å². The normalized spacial score (nSPS) is 46.3. The number of carbonyl (C=O) groups excluding carboxylic acids is 1. The van der Waals surface area contributed by atoms with Crippen LogP contribution >= 0.6 is 0 Å². The average molecular weight is 326 g/mol. The van der Waals surface area contributed by atoms with Gasteiger partial charge in [-0.25, -0.2) is 0 Å². The van der Waals surface area contributed by atoms with Crippen LogP contribution in [0.1, 0.15) is 59.8 Å². The molecule has 0 N–H and O–H groups in total. The van der Waals surface area contributed by atoms with E-state index in [1.54, 1.807) is 0 Å². The van der Waals surface area contributed by atoms with Crippen molar-refractivity contribution in [3.63, 3.8) is 0 Å². The van der Waals surface area contributed by atoms with Gasteiger partial charge in [0.2, 0.25) is 0 Å². The fraction of sp³-hybridized carbons (Fsp3) is 0.682. The summed E-state index contributed by atoms with van der Waals surface area (Å²) in [6.45, 7) is 8.58. The van der Waals surface area contributed by atoms with Gasteiger partial charge in [0.25, 0.3) is 0 Å². The molecule has 0 bridgehead atoms. The number of rotatable bonds is 1. The van der Waals surface area contributed by atoms with E-state index in [2.05, 4.69) is 45.1 Å². The molecule has 2 saturated carbocycles. The zero-order valence-electron chi connectivity index (χ0n) is 15.5. The van der Waals surface area contributed by atoms with Gasteiger partial charge in [0, 0.05) is 12.3 Å².